The maximum absolute atomic E-state index is 13.1. The first-order valence-electron chi connectivity index (χ1n) is 8.52. The summed E-state index contributed by atoms with van der Waals surface area (Å²) in [6.07, 6.45) is -3.43. The van der Waals surface area contributed by atoms with Gasteiger partial charge in [-0.2, -0.15) is 18.3 Å². The van der Waals surface area contributed by atoms with Crippen LogP contribution < -0.4 is 10.9 Å². The van der Waals surface area contributed by atoms with E-state index in [1.165, 1.54) is 7.05 Å². The van der Waals surface area contributed by atoms with Gasteiger partial charge in [0.05, 0.1) is 12.2 Å². The van der Waals surface area contributed by atoms with Crippen LogP contribution in [0.2, 0.25) is 0 Å². The molecule has 0 atom stereocenters. The fourth-order valence-corrected chi connectivity index (χ4v) is 2.46. The van der Waals surface area contributed by atoms with Crippen molar-refractivity contribution in [1.29, 1.82) is 0 Å². The number of amides is 2. The van der Waals surface area contributed by atoms with Gasteiger partial charge in [-0.05, 0) is 39.7 Å². The molecule has 0 unspecified atom stereocenters. The molecule has 0 saturated heterocycles. The molecule has 0 aromatic carbocycles. The number of nitrogens with one attached hydrogen (secondary N) is 1. The highest BCUT2D eigenvalue weighted by molar-refractivity contribution is 5.84. The first kappa shape index (κ1) is 20.9. The monoisotopic (exact) mass is 388 g/mol. The largest absolute Gasteiger partial charge is 0.421 e. The summed E-state index contributed by atoms with van der Waals surface area (Å²) in [7, 11) is 1.34. The highest BCUT2D eigenvalue weighted by Crippen LogP contribution is 2.40. The van der Waals surface area contributed by atoms with Gasteiger partial charge in [0.1, 0.15) is 12.1 Å². The summed E-state index contributed by atoms with van der Waals surface area (Å²) in [5.74, 6) is -1.22. The molecule has 1 aliphatic rings. The molecular formula is C17H23F3N4O3. The second kappa shape index (κ2) is 7.32. The van der Waals surface area contributed by atoms with E-state index in [-0.39, 0.29) is 18.2 Å². The number of rotatable bonds is 5. The molecule has 27 heavy (non-hydrogen) atoms. The molecular weight excluding hydrogens is 365 g/mol. The number of likely N-dealkylation sites (N-methyl/N-ethyl adjacent to an activating group) is 1. The number of halogens is 3. The van der Waals surface area contributed by atoms with Gasteiger partial charge < -0.3 is 10.2 Å². The summed E-state index contributed by atoms with van der Waals surface area (Å²) in [5.41, 5.74) is -3.03. The average molecular weight is 388 g/mol. The molecule has 2 rings (SSSR count). The summed E-state index contributed by atoms with van der Waals surface area (Å²) in [4.78, 5) is 37.3. The maximum atomic E-state index is 13.1. The van der Waals surface area contributed by atoms with E-state index in [2.05, 4.69) is 10.4 Å². The van der Waals surface area contributed by atoms with Crippen molar-refractivity contribution < 1.29 is 22.8 Å². The van der Waals surface area contributed by atoms with E-state index in [9.17, 15) is 27.6 Å². The molecule has 2 amide bonds. The lowest BCUT2D eigenvalue weighted by atomic mass is 10.1. The van der Waals surface area contributed by atoms with Crippen LogP contribution in [0.15, 0.2) is 10.9 Å². The summed E-state index contributed by atoms with van der Waals surface area (Å²) in [6, 6.07) is 0.765. The maximum Gasteiger partial charge on any atom is 0.421 e. The molecule has 0 radical (unpaired) electrons. The van der Waals surface area contributed by atoms with Crippen molar-refractivity contribution in [3.63, 3.8) is 0 Å². The van der Waals surface area contributed by atoms with Gasteiger partial charge in [-0.1, -0.05) is 0 Å². The van der Waals surface area contributed by atoms with Crippen molar-refractivity contribution in [1.82, 2.24) is 20.0 Å². The van der Waals surface area contributed by atoms with Gasteiger partial charge in [0.25, 0.3) is 5.56 Å². The predicted molar refractivity (Wildman–Crippen MR) is 91.0 cm³/mol. The second-order valence-corrected chi connectivity index (χ2v) is 7.77. The Morgan fingerprint density at radius 1 is 1.30 bits per heavy atom. The summed E-state index contributed by atoms with van der Waals surface area (Å²) in [5, 5.41) is 6.60. The minimum Gasteiger partial charge on any atom is -0.350 e. The van der Waals surface area contributed by atoms with E-state index in [0.717, 1.165) is 11.0 Å². The molecule has 1 fully saturated rings. The van der Waals surface area contributed by atoms with E-state index in [0.29, 0.717) is 17.5 Å². The number of aromatic nitrogens is 2. The third-order valence-corrected chi connectivity index (χ3v) is 3.90. The molecule has 0 aliphatic heterocycles. The minimum atomic E-state index is -4.83. The molecule has 10 heteroatoms. The minimum absolute atomic E-state index is 0.122. The standard InChI is InChI=1S/C17H23F3N4O3/c1-16(2,3)21-13(25)8-23(4)14(26)9-24-15(27)11(17(18,19)20)7-12(22-24)10-5-6-10/h7,10H,5-6,8-9H2,1-4H3,(H,21,25). The molecule has 0 spiro atoms. The number of hydrogen-bond donors (Lipinski definition) is 1. The van der Waals surface area contributed by atoms with Crippen LogP contribution in [-0.2, 0) is 22.3 Å². The van der Waals surface area contributed by atoms with Crippen molar-refractivity contribution >= 4 is 11.8 Å². The molecule has 1 heterocycles. The third kappa shape index (κ3) is 5.80. The van der Waals surface area contributed by atoms with Gasteiger partial charge in [0, 0.05) is 18.5 Å². The van der Waals surface area contributed by atoms with Gasteiger partial charge in [0.15, 0.2) is 0 Å². The topological polar surface area (TPSA) is 84.3 Å². The Hall–Kier alpha value is -2.39. The molecule has 1 aromatic rings. The first-order valence-corrected chi connectivity index (χ1v) is 8.52. The Morgan fingerprint density at radius 3 is 2.37 bits per heavy atom. The highest BCUT2D eigenvalue weighted by atomic mass is 19.4. The lowest BCUT2D eigenvalue weighted by Gasteiger charge is -2.23. The van der Waals surface area contributed by atoms with Gasteiger partial charge in [-0.3, -0.25) is 14.4 Å². The first-order chi connectivity index (χ1) is 12.3. The van der Waals surface area contributed by atoms with Gasteiger partial charge in [0.2, 0.25) is 11.8 Å². The van der Waals surface area contributed by atoms with Gasteiger partial charge >= 0.3 is 6.18 Å². The van der Waals surface area contributed by atoms with Gasteiger partial charge in [-0.25, -0.2) is 4.68 Å². The van der Waals surface area contributed by atoms with E-state index in [1.807, 2.05) is 0 Å². The Morgan fingerprint density at radius 2 is 1.89 bits per heavy atom. The molecule has 1 aliphatic carbocycles. The number of alkyl halides is 3. The van der Waals surface area contributed by atoms with Crippen LogP contribution in [0.1, 0.15) is 50.8 Å². The molecule has 1 saturated carbocycles. The SMILES string of the molecule is CN(CC(=O)NC(C)(C)C)C(=O)Cn1nc(C2CC2)cc(C(F)(F)F)c1=O. The summed E-state index contributed by atoms with van der Waals surface area (Å²) < 4.78 is 39.9. The molecule has 150 valence electrons. The summed E-state index contributed by atoms with van der Waals surface area (Å²) in [6.45, 7) is 4.38. The van der Waals surface area contributed by atoms with Crippen LogP contribution in [0.4, 0.5) is 13.2 Å². The van der Waals surface area contributed by atoms with E-state index >= 15 is 0 Å². The smallest absolute Gasteiger partial charge is 0.350 e. The van der Waals surface area contributed by atoms with Crippen molar-refractivity contribution in [2.45, 2.75) is 57.8 Å². The van der Waals surface area contributed by atoms with Crippen molar-refractivity contribution in [3.05, 3.63) is 27.7 Å². The lowest BCUT2D eigenvalue weighted by molar-refractivity contribution is -0.140. The Bertz CT molecular complexity index is 792. The molecule has 0 bridgehead atoms. The zero-order chi connectivity index (χ0) is 20.6. The van der Waals surface area contributed by atoms with Crippen LogP contribution in [0.5, 0.6) is 0 Å². The van der Waals surface area contributed by atoms with E-state index in [4.69, 9.17) is 0 Å². The summed E-state index contributed by atoms with van der Waals surface area (Å²) >= 11 is 0. The normalized spacial score (nSPS) is 14.8. The zero-order valence-electron chi connectivity index (χ0n) is 15.7. The molecule has 1 aromatic heterocycles. The fraction of sp³-hybridized carbons (Fsp3) is 0.647. The Labute approximate surface area is 154 Å². The van der Waals surface area contributed by atoms with Crippen molar-refractivity contribution in [2.75, 3.05) is 13.6 Å². The zero-order valence-corrected chi connectivity index (χ0v) is 15.7. The van der Waals surface area contributed by atoms with Crippen LogP contribution >= 0.6 is 0 Å². The number of carbonyl (C=O) groups excluding carboxylic acids is 2. The molecule has 1 N–H and O–H groups in total. The van der Waals surface area contributed by atoms with Crippen LogP contribution in [0, 0.1) is 0 Å². The predicted octanol–water partition coefficient (Wildman–Crippen LogP) is 1.51. The third-order valence-electron chi connectivity index (χ3n) is 3.90. The van der Waals surface area contributed by atoms with Gasteiger partial charge in [-0.15, -0.1) is 0 Å². The van der Waals surface area contributed by atoms with Crippen LogP contribution in [0.25, 0.3) is 0 Å². The van der Waals surface area contributed by atoms with Crippen molar-refractivity contribution in [2.24, 2.45) is 0 Å². The lowest BCUT2D eigenvalue weighted by Crippen LogP contribution is -2.47. The Balaban J connectivity index is 2.18. The number of hydrogen-bond acceptors (Lipinski definition) is 4. The number of carbonyl (C=O) groups is 2. The van der Waals surface area contributed by atoms with E-state index < -0.39 is 41.2 Å². The average Bonchev–Trinajstić information content (AvgIpc) is 3.30. The van der Waals surface area contributed by atoms with Crippen molar-refractivity contribution in [3.8, 4) is 0 Å². The van der Waals surface area contributed by atoms with Crippen LogP contribution in [0.3, 0.4) is 0 Å². The second-order valence-electron chi connectivity index (χ2n) is 7.77. The highest BCUT2D eigenvalue weighted by Gasteiger charge is 2.38. The Kier molecular flexibility index (Phi) is 5.67. The fourth-order valence-electron chi connectivity index (χ4n) is 2.46. The molecule has 7 nitrogen and oxygen atoms in total. The van der Waals surface area contributed by atoms with Crippen LogP contribution in [-0.4, -0.2) is 45.6 Å². The number of nitrogens with zero attached hydrogens (tertiary/aromatic N) is 3. The quantitative estimate of drug-likeness (QED) is 0.829. The van der Waals surface area contributed by atoms with E-state index in [1.54, 1.807) is 20.8 Å².